The molecule has 6 nitrogen and oxygen atoms in total. The first-order valence-corrected chi connectivity index (χ1v) is 8.94. The van der Waals surface area contributed by atoms with Crippen molar-refractivity contribution in [1.29, 1.82) is 0 Å². The zero-order valence-electron chi connectivity index (χ0n) is 13.1. The molecule has 1 aromatic carbocycles. The van der Waals surface area contributed by atoms with Crippen molar-refractivity contribution in [3.05, 3.63) is 60.2 Å². The third-order valence-electron chi connectivity index (χ3n) is 3.18. The van der Waals surface area contributed by atoms with Crippen LogP contribution < -0.4 is 10.0 Å². The van der Waals surface area contributed by atoms with Crippen LogP contribution in [0.25, 0.3) is 0 Å². The topological polar surface area (TPSA) is 88.2 Å². The summed E-state index contributed by atoms with van der Waals surface area (Å²) in [7, 11) is -3.77. The molecular weight excluding hydrogens is 333 g/mol. The van der Waals surface area contributed by atoms with Crippen LogP contribution in [0.3, 0.4) is 0 Å². The van der Waals surface area contributed by atoms with E-state index in [2.05, 4.69) is 15.0 Å². The van der Waals surface area contributed by atoms with E-state index in [-0.39, 0.29) is 12.2 Å². The van der Waals surface area contributed by atoms with Crippen LogP contribution in [0.5, 0.6) is 0 Å². The molecule has 128 valence electrons. The summed E-state index contributed by atoms with van der Waals surface area (Å²) in [6.45, 7) is 1.74. The fraction of sp³-hybridized carbons (Fsp3) is 0.250. The van der Waals surface area contributed by atoms with Crippen molar-refractivity contribution in [3.63, 3.8) is 0 Å². The number of carbonyl (C=O) groups is 1. The molecule has 2 N–H and O–H groups in total. The fourth-order valence-corrected chi connectivity index (χ4v) is 3.41. The van der Waals surface area contributed by atoms with E-state index in [0.29, 0.717) is 5.69 Å². The molecule has 0 radical (unpaired) electrons. The minimum absolute atomic E-state index is 0.121. The normalized spacial score (nSPS) is 12.4. The van der Waals surface area contributed by atoms with Crippen LogP contribution in [0.15, 0.2) is 48.7 Å². The molecule has 0 saturated heterocycles. The first-order valence-electron chi connectivity index (χ1n) is 7.29. The second-order valence-electron chi connectivity index (χ2n) is 5.33. The molecule has 2 aromatic rings. The van der Waals surface area contributed by atoms with E-state index >= 15 is 0 Å². The van der Waals surface area contributed by atoms with Gasteiger partial charge in [-0.1, -0.05) is 19.1 Å². The van der Waals surface area contributed by atoms with Gasteiger partial charge in [-0.25, -0.2) is 12.8 Å². The van der Waals surface area contributed by atoms with Gasteiger partial charge in [0.25, 0.3) is 0 Å². The van der Waals surface area contributed by atoms with Crippen LogP contribution in [0.1, 0.15) is 12.6 Å². The van der Waals surface area contributed by atoms with Crippen molar-refractivity contribution in [3.8, 4) is 0 Å². The van der Waals surface area contributed by atoms with Crippen molar-refractivity contribution in [2.45, 2.75) is 13.5 Å². The standard InChI is InChI=1S/C16H18FN3O3S/c1-12(16(21)19-10-15-6-2-3-8-18-15)11-24(22,23)20-14-7-4-5-13(17)9-14/h2-9,12,20H,10-11H2,1H3,(H,19,21). The molecule has 0 fully saturated rings. The molecule has 2 rings (SSSR count). The molecule has 1 amide bonds. The zero-order valence-corrected chi connectivity index (χ0v) is 13.9. The molecule has 24 heavy (non-hydrogen) atoms. The molecule has 0 saturated carbocycles. The summed E-state index contributed by atoms with van der Waals surface area (Å²) >= 11 is 0. The highest BCUT2D eigenvalue weighted by molar-refractivity contribution is 7.92. The molecule has 0 bridgehead atoms. The average molecular weight is 351 g/mol. The Morgan fingerprint density at radius 1 is 1.25 bits per heavy atom. The fourth-order valence-electron chi connectivity index (χ4n) is 2.03. The highest BCUT2D eigenvalue weighted by Crippen LogP contribution is 2.13. The smallest absolute Gasteiger partial charge is 0.233 e. The van der Waals surface area contributed by atoms with Crippen molar-refractivity contribution >= 4 is 21.6 Å². The Bertz CT molecular complexity index is 797. The van der Waals surface area contributed by atoms with Gasteiger partial charge in [0.05, 0.1) is 29.6 Å². The summed E-state index contributed by atoms with van der Waals surface area (Å²) in [4.78, 5) is 16.1. The lowest BCUT2D eigenvalue weighted by Gasteiger charge is -2.14. The molecule has 1 unspecified atom stereocenters. The van der Waals surface area contributed by atoms with Crippen molar-refractivity contribution in [2.75, 3.05) is 10.5 Å². The third-order valence-corrected chi connectivity index (χ3v) is 4.67. The first kappa shape index (κ1) is 17.9. The van der Waals surface area contributed by atoms with Gasteiger partial charge in [0.2, 0.25) is 15.9 Å². The van der Waals surface area contributed by atoms with Crippen LogP contribution in [-0.2, 0) is 21.4 Å². The molecular formula is C16H18FN3O3S. The van der Waals surface area contributed by atoms with Crippen LogP contribution in [-0.4, -0.2) is 25.1 Å². The summed E-state index contributed by atoms with van der Waals surface area (Å²) < 4.78 is 39.5. The zero-order chi connectivity index (χ0) is 17.6. The second-order valence-corrected chi connectivity index (χ2v) is 7.10. The summed E-state index contributed by atoms with van der Waals surface area (Å²) in [6.07, 6.45) is 1.61. The van der Waals surface area contributed by atoms with Gasteiger partial charge in [-0.05, 0) is 30.3 Å². The number of benzene rings is 1. The number of nitrogens with one attached hydrogen (secondary N) is 2. The predicted octanol–water partition coefficient (Wildman–Crippen LogP) is 1.91. The Kier molecular flexibility index (Phi) is 5.86. The highest BCUT2D eigenvalue weighted by Gasteiger charge is 2.21. The number of halogens is 1. The van der Waals surface area contributed by atoms with Gasteiger partial charge in [0.15, 0.2) is 0 Å². The number of hydrogen-bond acceptors (Lipinski definition) is 4. The maximum Gasteiger partial charge on any atom is 0.233 e. The Morgan fingerprint density at radius 2 is 2.04 bits per heavy atom. The molecule has 0 spiro atoms. The third kappa shape index (κ3) is 5.62. The lowest BCUT2D eigenvalue weighted by Crippen LogP contribution is -2.34. The average Bonchev–Trinajstić information content (AvgIpc) is 2.52. The summed E-state index contributed by atoms with van der Waals surface area (Å²) in [6, 6.07) is 10.4. The van der Waals surface area contributed by atoms with Crippen molar-refractivity contribution < 1.29 is 17.6 Å². The Hall–Kier alpha value is -2.48. The maximum atomic E-state index is 13.1. The van der Waals surface area contributed by atoms with Crippen molar-refractivity contribution in [2.24, 2.45) is 5.92 Å². The van der Waals surface area contributed by atoms with E-state index in [0.717, 1.165) is 6.07 Å². The molecule has 0 aliphatic rings. The predicted molar refractivity (Wildman–Crippen MR) is 89.1 cm³/mol. The number of aromatic nitrogens is 1. The lowest BCUT2D eigenvalue weighted by molar-refractivity contribution is -0.124. The van der Waals surface area contributed by atoms with Gasteiger partial charge in [0, 0.05) is 6.20 Å². The van der Waals surface area contributed by atoms with Crippen LogP contribution in [0, 0.1) is 11.7 Å². The van der Waals surface area contributed by atoms with Gasteiger partial charge in [0.1, 0.15) is 5.82 Å². The second kappa shape index (κ2) is 7.87. The lowest BCUT2D eigenvalue weighted by atomic mass is 10.2. The van der Waals surface area contributed by atoms with E-state index in [1.54, 1.807) is 24.4 Å². The van der Waals surface area contributed by atoms with E-state index in [4.69, 9.17) is 0 Å². The van der Waals surface area contributed by atoms with E-state index in [1.807, 2.05) is 0 Å². The SMILES string of the molecule is CC(CS(=O)(=O)Nc1cccc(F)c1)C(=O)NCc1ccccn1. The number of rotatable bonds is 7. The number of sulfonamides is 1. The van der Waals surface area contributed by atoms with Gasteiger partial charge in [-0.3, -0.25) is 14.5 Å². The number of nitrogens with zero attached hydrogens (tertiary/aromatic N) is 1. The van der Waals surface area contributed by atoms with E-state index < -0.39 is 33.4 Å². The van der Waals surface area contributed by atoms with Gasteiger partial charge in [-0.15, -0.1) is 0 Å². The summed E-state index contributed by atoms with van der Waals surface area (Å²) in [5.74, 6) is -2.11. The molecule has 8 heteroatoms. The number of pyridine rings is 1. The minimum Gasteiger partial charge on any atom is -0.350 e. The molecule has 1 atom stereocenters. The number of amides is 1. The van der Waals surface area contributed by atoms with Crippen LogP contribution in [0.4, 0.5) is 10.1 Å². The molecule has 0 aliphatic carbocycles. The molecule has 0 aliphatic heterocycles. The first-order chi connectivity index (χ1) is 11.4. The van der Waals surface area contributed by atoms with Gasteiger partial charge >= 0.3 is 0 Å². The van der Waals surface area contributed by atoms with Gasteiger partial charge < -0.3 is 5.32 Å². The Labute approximate surface area is 140 Å². The van der Waals surface area contributed by atoms with E-state index in [1.165, 1.54) is 25.1 Å². The Morgan fingerprint density at radius 3 is 2.71 bits per heavy atom. The minimum atomic E-state index is -3.77. The van der Waals surface area contributed by atoms with Gasteiger partial charge in [-0.2, -0.15) is 0 Å². The number of anilines is 1. The molecule has 1 aromatic heterocycles. The van der Waals surface area contributed by atoms with E-state index in [9.17, 15) is 17.6 Å². The monoisotopic (exact) mass is 351 g/mol. The summed E-state index contributed by atoms with van der Waals surface area (Å²) in [5.41, 5.74) is 0.801. The largest absolute Gasteiger partial charge is 0.350 e. The maximum absolute atomic E-state index is 13.1. The summed E-state index contributed by atoms with van der Waals surface area (Å²) in [5, 5.41) is 2.64. The van der Waals surface area contributed by atoms with Crippen LogP contribution in [0.2, 0.25) is 0 Å². The van der Waals surface area contributed by atoms with Crippen LogP contribution >= 0.6 is 0 Å². The quantitative estimate of drug-likeness (QED) is 0.798. The van der Waals surface area contributed by atoms with Crippen molar-refractivity contribution in [1.82, 2.24) is 10.3 Å². The highest BCUT2D eigenvalue weighted by atomic mass is 32.2. The number of hydrogen-bond donors (Lipinski definition) is 2. The molecule has 1 heterocycles. The number of carbonyl (C=O) groups excluding carboxylic acids is 1. The Balaban J connectivity index is 1.89.